The van der Waals surface area contributed by atoms with Crippen LogP contribution in [0.1, 0.15) is 31.9 Å². The summed E-state index contributed by atoms with van der Waals surface area (Å²) in [5.41, 5.74) is 0.756. The first-order valence-electron chi connectivity index (χ1n) is 6.95. The van der Waals surface area contributed by atoms with Crippen molar-refractivity contribution in [1.82, 2.24) is 5.32 Å². The molecule has 2 aromatic rings. The maximum atomic E-state index is 12.1. The van der Waals surface area contributed by atoms with Crippen molar-refractivity contribution in [1.29, 1.82) is 0 Å². The molecule has 1 heterocycles. The van der Waals surface area contributed by atoms with Crippen LogP contribution in [0.3, 0.4) is 0 Å². The maximum Gasteiger partial charge on any atom is 0.303 e. The Hall–Kier alpha value is -2.30. The fourth-order valence-corrected chi connectivity index (χ4v) is 2.14. The van der Waals surface area contributed by atoms with Gasteiger partial charge in [0.25, 0.3) is 0 Å². The summed E-state index contributed by atoms with van der Waals surface area (Å²) in [6, 6.07) is 9.45. The molecule has 0 saturated carbocycles. The highest BCUT2D eigenvalue weighted by Crippen LogP contribution is 2.25. The summed E-state index contributed by atoms with van der Waals surface area (Å²) in [5, 5.41) is 12.4. The lowest BCUT2D eigenvalue weighted by Crippen LogP contribution is -2.32. The van der Waals surface area contributed by atoms with E-state index in [9.17, 15) is 9.59 Å². The lowest BCUT2D eigenvalue weighted by molar-refractivity contribution is -0.138. The number of nitrogens with one attached hydrogen (secondary N) is 1. The number of fused-ring (bicyclic) bond motifs is 1. The van der Waals surface area contributed by atoms with E-state index in [1.54, 1.807) is 13.8 Å². The monoisotopic (exact) mass is 289 g/mol. The van der Waals surface area contributed by atoms with Crippen molar-refractivity contribution < 1.29 is 19.1 Å². The van der Waals surface area contributed by atoms with Crippen molar-refractivity contribution in [3.63, 3.8) is 0 Å². The van der Waals surface area contributed by atoms with Crippen LogP contribution >= 0.6 is 0 Å². The molecule has 0 radical (unpaired) electrons. The average Bonchev–Trinajstić information content (AvgIpc) is 2.87. The first-order valence-corrected chi connectivity index (χ1v) is 6.95. The van der Waals surface area contributed by atoms with Crippen LogP contribution in [0.25, 0.3) is 11.0 Å². The highest BCUT2D eigenvalue weighted by molar-refractivity contribution is 5.85. The molecule has 1 amide bonds. The Balaban J connectivity index is 1.97. The Morgan fingerprint density at radius 2 is 2.00 bits per heavy atom. The van der Waals surface area contributed by atoms with Crippen LogP contribution in [0.4, 0.5) is 0 Å². The van der Waals surface area contributed by atoms with Crippen LogP contribution < -0.4 is 5.32 Å². The number of carboxylic acids is 1. The van der Waals surface area contributed by atoms with Crippen molar-refractivity contribution in [2.45, 2.75) is 26.2 Å². The van der Waals surface area contributed by atoms with Gasteiger partial charge in [0.1, 0.15) is 11.3 Å². The molecule has 1 aromatic heterocycles. The van der Waals surface area contributed by atoms with Gasteiger partial charge in [-0.2, -0.15) is 0 Å². The smallest absolute Gasteiger partial charge is 0.303 e. The van der Waals surface area contributed by atoms with Gasteiger partial charge in [0.15, 0.2) is 0 Å². The van der Waals surface area contributed by atoms with Gasteiger partial charge >= 0.3 is 5.97 Å². The zero-order valence-electron chi connectivity index (χ0n) is 12.1. The quantitative estimate of drug-likeness (QED) is 0.857. The first kappa shape index (κ1) is 15.1. The highest BCUT2D eigenvalue weighted by Gasteiger charge is 2.20. The molecule has 0 saturated heterocycles. The third-order valence-corrected chi connectivity index (χ3v) is 3.41. The lowest BCUT2D eigenvalue weighted by Gasteiger charge is -2.13. The summed E-state index contributed by atoms with van der Waals surface area (Å²) >= 11 is 0. The van der Waals surface area contributed by atoms with E-state index in [2.05, 4.69) is 5.32 Å². The summed E-state index contributed by atoms with van der Waals surface area (Å²) in [6.45, 7) is 3.91. The molecule has 0 aliphatic heterocycles. The molecule has 2 N–H and O–H groups in total. The van der Waals surface area contributed by atoms with E-state index < -0.39 is 11.9 Å². The van der Waals surface area contributed by atoms with Crippen LogP contribution in [0.15, 0.2) is 34.7 Å². The van der Waals surface area contributed by atoms with Gasteiger partial charge in [-0.25, -0.2) is 0 Å². The number of amides is 1. The molecule has 0 aliphatic rings. The number of aliphatic carboxylic acids is 1. The van der Waals surface area contributed by atoms with Crippen LogP contribution in [-0.2, 0) is 9.59 Å². The molecule has 1 aromatic carbocycles. The number of para-hydroxylation sites is 1. The van der Waals surface area contributed by atoms with E-state index in [1.165, 1.54) is 0 Å². The SMILES string of the molecule is CC(CNC(=O)C(C)c1cc2ccccc2o1)CC(=O)O. The standard InChI is InChI=1S/C16H19NO4/c1-10(7-15(18)19)9-17-16(20)11(2)14-8-12-5-3-4-6-13(12)21-14/h3-6,8,10-11H,7,9H2,1-2H3,(H,17,20)(H,18,19). The molecule has 0 aliphatic carbocycles. The number of hydrogen-bond acceptors (Lipinski definition) is 3. The number of hydrogen-bond donors (Lipinski definition) is 2. The molecular weight excluding hydrogens is 270 g/mol. The predicted octanol–water partition coefficient (Wildman–Crippen LogP) is 2.76. The largest absolute Gasteiger partial charge is 0.481 e. The second-order valence-electron chi connectivity index (χ2n) is 5.36. The minimum Gasteiger partial charge on any atom is -0.481 e. The van der Waals surface area contributed by atoms with Gasteiger partial charge in [0.2, 0.25) is 5.91 Å². The minimum atomic E-state index is -0.859. The van der Waals surface area contributed by atoms with E-state index in [-0.39, 0.29) is 18.2 Å². The van der Waals surface area contributed by atoms with Gasteiger partial charge in [-0.1, -0.05) is 25.1 Å². The molecule has 0 spiro atoms. The van der Waals surface area contributed by atoms with Gasteiger partial charge in [-0.3, -0.25) is 9.59 Å². The van der Waals surface area contributed by atoms with E-state index in [0.717, 1.165) is 11.0 Å². The minimum absolute atomic E-state index is 0.0410. The molecule has 112 valence electrons. The molecule has 0 fully saturated rings. The van der Waals surface area contributed by atoms with Crippen molar-refractivity contribution in [2.75, 3.05) is 6.54 Å². The van der Waals surface area contributed by atoms with Gasteiger partial charge in [0, 0.05) is 18.4 Å². The van der Waals surface area contributed by atoms with Crippen LogP contribution in [0, 0.1) is 5.92 Å². The number of rotatable bonds is 6. The van der Waals surface area contributed by atoms with Crippen molar-refractivity contribution in [3.8, 4) is 0 Å². The Morgan fingerprint density at radius 1 is 1.29 bits per heavy atom. The summed E-state index contributed by atoms with van der Waals surface area (Å²) in [7, 11) is 0. The summed E-state index contributed by atoms with van der Waals surface area (Å²) in [6.07, 6.45) is 0.0410. The van der Waals surface area contributed by atoms with Gasteiger partial charge in [-0.05, 0) is 25.0 Å². The molecule has 2 atom stereocenters. The topological polar surface area (TPSA) is 79.5 Å². The van der Waals surface area contributed by atoms with Gasteiger partial charge < -0.3 is 14.8 Å². The van der Waals surface area contributed by atoms with Crippen LogP contribution in [0.5, 0.6) is 0 Å². The Morgan fingerprint density at radius 3 is 2.67 bits per heavy atom. The normalized spacial score (nSPS) is 13.8. The molecule has 2 unspecified atom stereocenters. The van der Waals surface area contributed by atoms with E-state index >= 15 is 0 Å². The molecule has 0 bridgehead atoms. The van der Waals surface area contributed by atoms with E-state index in [0.29, 0.717) is 12.3 Å². The van der Waals surface area contributed by atoms with Crippen molar-refractivity contribution in [3.05, 3.63) is 36.1 Å². The predicted molar refractivity (Wildman–Crippen MR) is 79.1 cm³/mol. The second kappa shape index (κ2) is 6.43. The first-order chi connectivity index (χ1) is 9.97. The fraction of sp³-hybridized carbons (Fsp3) is 0.375. The van der Waals surface area contributed by atoms with Crippen molar-refractivity contribution in [2.24, 2.45) is 5.92 Å². The molecular formula is C16H19NO4. The third kappa shape index (κ3) is 3.84. The number of carbonyl (C=O) groups is 2. The Bertz CT molecular complexity index is 614. The number of benzene rings is 1. The van der Waals surface area contributed by atoms with Gasteiger partial charge in [-0.15, -0.1) is 0 Å². The van der Waals surface area contributed by atoms with Gasteiger partial charge in [0.05, 0.1) is 5.92 Å². The summed E-state index contributed by atoms with van der Waals surface area (Å²) < 4.78 is 5.67. The number of furan rings is 1. The van der Waals surface area contributed by atoms with Crippen LogP contribution in [0.2, 0.25) is 0 Å². The number of carboxylic acid groups (broad SMARTS) is 1. The third-order valence-electron chi connectivity index (χ3n) is 3.41. The summed E-state index contributed by atoms with van der Waals surface area (Å²) in [5.74, 6) is -0.920. The Labute approximate surface area is 122 Å². The zero-order chi connectivity index (χ0) is 15.4. The van der Waals surface area contributed by atoms with Crippen LogP contribution in [-0.4, -0.2) is 23.5 Å². The lowest BCUT2D eigenvalue weighted by atomic mass is 10.1. The van der Waals surface area contributed by atoms with Crippen molar-refractivity contribution >= 4 is 22.8 Å². The zero-order valence-corrected chi connectivity index (χ0v) is 12.1. The van der Waals surface area contributed by atoms with E-state index in [4.69, 9.17) is 9.52 Å². The molecule has 21 heavy (non-hydrogen) atoms. The molecule has 5 heteroatoms. The average molecular weight is 289 g/mol. The maximum absolute atomic E-state index is 12.1. The number of carbonyl (C=O) groups excluding carboxylic acids is 1. The summed E-state index contributed by atoms with van der Waals surface area (Å²) in [4.78, 5) is 22.7. The molecule has 5 nitrogen and oxygen atoms in total. The highest BCUT2D eigenvalue weighted by atomic mass is 16.4. The van der Waals surface area contributed by atoms with E-state index in [1.807, 2.05) is 30.3 Å². The Kier molecular flexibility index (Phi) is 4.62. The fourth-order valence-electron chi connectivity index (χ4n) is 2.14. The molecule has 2 rings (SSSR count). The second-order valence-corrected chi connectivity index (χ2v) is 5.36.